The molecule has 2 aliphatic rings. The molecule has 1 aromatic carbocycles. The Balaban J connectivity index is 1.65. The van der Waals surface area contributed by atoms with Gasteiger partial charge in [-0.3, -0.25) is 4.79 Å². The van der Waals surface area contributed by atoms with E-state index in [4.69, 9.17) is 0 Å². The van der Waals surface area contributed by atoms with E-state index in [0.29, 0.717) is 0 Å². The molecule has 6 heteroatoms. The van der Waals surface area contributed by atoms with Crippen molar-refractivity contribution in [3.8, 4) is 0 Å². The molecule has 2 N–H and O–H groups in total. The zero-order chi connectivity index (χ0) is 16.0. The second-order valence-electron chi connectivity index (χ2n) is 6.02. The molecule has 1 aromatic heterocycles. The molecule has 120 valence electrons. The Labute approximate surface area is 144 Å². The van der Waals surface area contributed by atoms with Gasteiger partial charge in [0.1, 0.15) is 11.2 Å². The largest absolute Gasteiger partial charge is 0.353 e. The number of fused-ring (bicyclic) bond motifs is 3. The highest BCUT2D eigenvalue weighted by molar-refractivity contribution is 7.98. The van der Waals surface area contributed by atoms with Gasteiger partial charge in [0, 0.05) is 22.9 Å². The molecule has 0 fully saturated rings. The van der Waals surface area contributed by atoms with Crippen molar-refractivity contribution in [3.63, 3.8) is 0 Å². The van der Waals surface area contributed by atoms with Crippen molar-refractivity contribution >= 4 is 34.0 Å². The van der Waals surface area contributed by atoms with E-state index in [1.165, 1.54) is 15.3 Å². The van der Waals surface area contributed by atoms with Gasteiger partial charge in [-0.25, -0.2) is 0 Å². The van der Waals surface area contributed by atoms with Gasteiger partial charge in [-0.1, -0.05) is 12.1 Å². The van der Waals surface area contributed by atoms with E-state index in [9.17, 15) is 4.79 Å². The van der Waals surface area contributed by atoms with Crippen LogP contribution in [0.4, 0.5) is 5.00 Å². The van der Waals surface area contributed by atoms with Crippen molar-refractivity contribution in [2.75, 3.05) is 25.2 Å². The zero-order valence-electron chi connectivity index (χ0n) is 13.2. The molecular weight excluding hydrogens is 326 g/mol. The molecule has 4 nitrogen and oxygen atoms in total. The number of anilines is 1. The van der Waals surface area contributed by atoms with E-state index in [1.54, 1.807) is 23.1 Å². The number of benzene rings is 1. The highest BCUT2D eigenvalue weighted by Crippen LogP contribution is 2.40. The molecule has 0 saturated heterocycles. The van der Waals surface area contributed by atoms with E-state index in [-0.39, 0.29) is 12.1 Å². The number of carbonyl (C=O) groups excluding carboxylic acids is 1. The number of hydrogen-bond donors (Lipinski definition) is 2. The minimum absolute atomic E-state index is 0.0553. The molecule has 0 bridgehead atoms. The Bertz CT molecular complexity index is 754. The predicted molar refractivity (Wildman–Crippen MR) is 96.4 cm³/mol. The van der Waals surface area contributed by atoms with Crippen LogP contribution in [0.15, 0.2) is 29.2 Å². The van der Waals surface area contributed by atoms with Gasteiger partial charge in [-0.2, -0.15) is 0 Å². The van der Waals surface area contributed by atoms with Crippen LogP contribution in [0.3, 0.4) is 0 Å². The van der Waals surface area contributed by atoms with Crippen LogP contribution in [0.5, 0.6) is 0 Å². The van der Waals surface area contributed by atoms with Crippen molar-refractivity contribution in [3.05, 3.63) is 45.8 Å². The molecule has 0 aliphatic carbocycles. The van der Waals surface area contributed by atoms with Gasteiger partial charge in [0.05, 0.1) is 5.56 Å². The van der Waals surface area contributed by atoms with E-state index in [0.717, 1.165) is 35.6 Å². The zero-order valence-corrected chi connectivity index (χ0v) is 14.8. The summed E-state index contributed by atoms with van der Waals surface area (Å²) in [6.07, 6.45) is 2.87. The van der Waals surface area contributed by atoms with Crippen LogP contribution in [0, 0.1) is 0 Å². The number of nitrogens with one attached hydrogen (secondary N) is 2. The molecule has 1 amide bonds. The summed E-state index contributed by atoms with van der Waals surface area (Å²) in [6.45, 7) is 1.96. The second-order valence-corrected chi connectivity index (χ2v) is 8.00. The Kier molecular flexibility index (Phi) is 3.83. The van der Waals surface area contributed by atoms with Gasteiger partial charge < -0.3 is 15.5 Å². The fourth-order valence-corrected chi connectivity index (χ4v) is 4.97. The number of carbonyl (C=O) groups is 1. The van der Waals surface area contributed by atoms with Gasteiger partial charge in [0.15, 0.2) is 0 Å². The molecule has 1 atom stereocenters. The summed E-state index contributed by atoms with van der Waals surface area (Å²) < 4.78 is 0. The molecule has 0 unspecified atom stereocenters. The summed E-state index contributed by atoms with van der Waals surface area (Å²) in [5.41, 5.74) is 3.20. The lowest BCUT2D eigenvalue weighted by molar-refractivity contribution is 0.0935. The molecule has 2 aromatic rings. The average Bonchev–Trinajstić information content (AvgIpc) is 2.92. The smallest absolute Gasteiger partial charge is 0.256 e. The van der Waals surface area contributed by atoms with Crippen molar-refractivity contribution in [2.24, 2.45) is 0 Å². The maximum Gasteiger partial charge on any atom is 0.256 e. The summed E-state index contributed by atoms with van der Waals surface area (Å²) in [7, 11) is 2.13. The highest BCUT2D eigenvalue weighted by Gasteiger charge is 2.32. The number of hydrogen-bond acceptors (Lipinski definition) is 5. The summed E-state index contributed by atoms with van der Waals surface area (Å²) in [5, 5.41) is 7.65. The maximum atomic E-state index is 12.6. The lowest BCUT2D eigenvalue weighted by Gasteiger charge is -2.27. The van der Waals surface area contributed by atoms with E-state index < -0.39 is 0 Å². The van der Waals surface area contributed by atoms with Crippen LogP contribution in [0.1, 0.15) is 32.5 Å². The molecule has 2 aliphatic heterocycles. The predicted octanol–water partition coefficient (Wildman–Crippen LogP) is 3.31. The summed E-state index contributed by atoms with van der Waals surface area (Å²) in [5.74, 6) is 0.0553. The summed E-state index contributed by atoms with van der Waals surface area (Å²) in [4.78, 5) is 17.5. The van der Waals surface area contributed by atoms with Crippen LogP contribution in [0.2, 0.25) is 0 Å². The van der Waals surface area contributed by atoms with Gasteiger partial charge in [0.25, 0.3) is 5.91 Å². The first kappa shape index (κ1) is 15.1. The van der Waals surface area contributed by atoms with Crippen molar-refractivity contribution in [1.29, 1.82) is 0 Å². The Morgan fingerprint density at radius 1 is 1.26 bits per heavy atom. The number of thioether (sulfide) groups is 1. The standard InChI is InChI=1S/C17H19N3OS2/c1-20-8-7-12-13(9-20)23-17-14(12)16(21)18-15(19-17)10-3-5-11(22-2)6-4-10/h3-6,15,19H,7-9H2,1-2H3,(H,18,21)/t15-/m1/s1. The van der Waals surface area contributed by atoms with Gasteiger partial charge >= 0.3 is 0 Å². The number of rotatable bonds is 2. The molecule has 3 heterocycles. The first-order valence-corrected chi connectivity index (χ1v) is 9.74. The van der Waals surface area contributed by atoms with Crippen LogP contribution in [-0.4, -0.2) is 30.7 Å². The van der Waals surface area contributed by atoms with E-state index in [2.05, 4.69) is 53.1 Å². The molecule has 0 spiro atoms. The molecule has 23 heavy (non-hydrogen) atoms. The van der Waals surface area contributed by atoms with E-state index in [1.807, 2.05) is 0 Å². The van der Waals surface area contributed by atoms with Crippen LogP contribution in [0.25, 0.3) is 0 Å². The molecular formula is C17H19N3OS2. The lowest BCUT2D eigenvalue weighted by Crippen LogP contribution is -2.38. The van der Waals surface area contributed by atoms with Crippen LogP contribution < -0.4 is 10.6 Å². The third kappa shape index (κ3) is 2.65. The van der Waals surface area contributed by atoms with E-state index >= 15 is 0 Å². The number of amides is 1. The van der Waals surface area contributed by atoms with Crippen molar-refractivity contribution in [2.45, 2.75) is 24.0 Å². The van der Waals surface area contributed by atoms with Gasteiger partial charge in [-0.05, 0) is 43.0 Å². The lowest BCUT2D eigenvalue weighted by atomic mass is 10.0. The highest BCUT2D eigenvalue weighted by atomic mass is 32.2. The number of nitrogens with zero attached hydrogens (tertiary/aromatic N) is 1. The third-order valence-electron chi connectivity index (χ3n) is 4.47. The Hall–Kier alpha value is -1.50. The van der Waals surface area contributed by atoms with Gasteiger partial charge in [-0.15, -0.1) is 23.1 Å². The number of likely N-dealkylation sites (N-methyl/N-ethyl adjacent to an activating group) is 1. The number of thiophene rings is 1. The third-order valence-corrected chi connectivity index (χ3v) is 6.37. The second kappa shape index (κ2) is 5.85. The molecule has 0 radical (unpaired) electrons. The Morgan fingerprint density at radius 3 is 2.78 bits per heavy atom. The fourth-order valence-electron chi connectivity index (χ4n) is 3.21. The molecule has 0 saturated carbocycles. The monoisotopic (exact) mass is 345 g/mol. The summed E-state index contributed by atoms with van der Waals surface area (Å²) in [6, 6.07) is 8.35. The fraction of sp³-hybridized carbons (Fsp3) is 0.353. The topological polar surface area (TPSA) is 44.4 Å². The first-order chi connectivity index (χ1) is 11.2. The van der Waals surface area contributed by atoms with Gasteiger partial charge in [0.2, 0.25) is 0 Å². The van der Waals surface area contributed by atoms with Crippen molar-refractivity contribution in [1.82, 2.24) is 10.2 Å². The van der Waals surface area contributed by atoms with Crippen molar-refractivity contribution < 1.29 is 4.79 Å². The first-order valence-electron chi connectivity index (χ1n) is 7.70. The quantitative estimate of drug-likeness (QED) is 0.820. The minimum Gasteiger partial charge on any atom is -0.353 e. The summed E-state index contributed by atoms with van der Waals surface area (Å²) >= 11 is 3.45. The Morgan fingerprint density at radius 2 is 2.04 bits per heavy atom. The maximum absolute atomic E-state index is 12.6. The SMILES string of the molecule is CSc1ccc([C@@H]2NC(=O)c3c(sc4c3CCN(C)C4)N2)cc1. The van der Waals surface area contributed by atoms with Crippen LogP contribution in [-0.2, 0) is 13.0 Å². The van der Waals surface area contributed by atoms with Crippen LogP contribution >= 0.6 is 23.1 Å². The average molecular weight is 345 g/mol. The molecule has 4 rings (SSSR count). The minimum atomic E-state index is -0.149. The normalized spacial score (nSPS) is 20.4.